The van der Waals surface area contributed by atoms with Crippen molar-refractivity contribution >= 4 is 12.1 Å². The molecule has 0 spiro atoms. The lowest BCUT2D eigenvalue weighted by atomic mass is 10.1. The molecule has 1 aliphatic heterocycles. The number of piperidine rings is 1. The van der Waals surface area contributed by atoms with Crippen molar-refractivity contribution in [2.75, 3.05) is 26.2 Å². The molecule has 0 aromatic carbocycles. The second-order valence-electron chi connectivity index (χ2n) is 7.59. The molecule has 6 nitrogen and oxygen atoms in total. The summed E-state index contributed by atoms with van der Waals surface area (Å²) >= 11 is 0. The number of ether oxygens (including phenoxy) is 3. The standard InChI is InChI=1S/C22H39NO5/c1-4-5-6-8-12-20(13-14-21(24)27-19(2)3)28-22(25)26-18-11-17-23-15-9-7-10-16-23/h19-20H,2-18H2,1H3. The second-order valence-corrected chi connectivity index (χ2v) is 7.59. The summed E-state index contributed by atoms with van der Waals surface area (Å²) in [7, 11) is 0. The first-order chi connectivity index (χ1) is 13.5. The van der Waals surface area contributed by atoms with Gasteiger partial charge >= 0.3 is 12.1 Å². The first-order valence-corrected chi connectivity index (χ1v) is 10.9. The number of likely N-dealkylation sites (tertiary alicyclic amines) is 1. The molecule has 1 unspecified atom stereocenters. The van der Waals surface area contributed by atoms with E-state index in [0.29, 0.717) is 13.0 Å². The van der Waals surface area contributed by atoms with Crippen molar-refractivity contribution in [2.24, 2.45) is 0 Å². The van der Waals surface area contributed by atoms with Crippen LogP contribution in [0.4, 0.5) is 4.79 Å². The Balaban J connectivity index is 2.27. The lowest BCUT2D eigenvalue weighted by Gasteiger charge is -2.26. The van der Waals surface area contributed by atoms with Gasteiger partial charge in [-0.15, -0.1) is 0 Å². The van der Waals surface area contributed by atoms with Crippen molar-refractivity contribution in [1.82, 2.24) is 4.90 Å². The van der Waals surface area contributed by atoms with Crippen LogP contribution in [0.3, 0.4) is 0 Å². The molecule has 0 aliphatic carbocycles. The average Bonchev–Trinajstić information content (AvgIpc) is 2.67. The van der Waals surface area contributed by atoms with E-state index in [4.69, 9.17) is 14.2 Å². The Morgan fingerprint density at radius 2 is 1.71 bits per heavy atom. The molecule has 1 saturated heterocycles. The van der Waals surface area contributed by atoms with Gasteiger partial charge in [-0.25, -0.2) is 4.79 Å². The van der Waals surface area contributed by atoms with Gasteiger partial charge in [-0.05, 0) is 65.5 Å². The Hall–Kier alpha value is -1.30. The number of hydrogen-bond acceptors (Lipinski definition) is 6. The molecule has 0 amide bonds. The number of unbranched alkanes of at least 4 members (excludes halogenated alkanes) is 3. The van der Waals surface area contributed by atoms with Crippen molar-refractivity contribution in [3.63, 3.8) is 0 Å². The topological polar surface area (TPSA) is 65.1 Å². The molecule has 0 aromatic heterocycles. The first kappa shape index (κ1) is 24.7. The van der Waals surface area contributed by atoms with Crippen LogP contribution >= 0.6 is 0 Å². The number of hydrogen-bond donors (Lipinski definition) is 0. The van der Waals surface area contributed by atoms with Gasteiger partial charge in [0, 0.05) is 13.0 Å². The summed E-state index contributed by atoms with van der Waals surface area (Å²) in [6.45, 7) is 12.8. The Labute approximate surface area is 171 Å². The quantitative estimate of drug-likeness (QED) is 0.312. The Morgan fingerprint density at radius 3 is 2.39 bits per heavy atom. The van der Waals surface area contributed by atoms with E-state index in [0.717, 1.165) is 58.2 Å². The lowest BCUT2D eigenvalue weighted by Crippen LogP contribution is -2.31. The van der Waals surface area contributed by atoms with Gasteiger partial charge in [0.1, 0.15) is 12.2 Å². The third kappa shape index (κ3) is 13.0. The zero-order valence-electron chi connectivity index (χ0n) is 17.7. The number of rotatable bonds is 14. The minimum Gasteiger partial charge on any atom is -0.462 e. The minimum atomic E-state index is -0.639. The first-order valence-electron chi connectivity index (χ1n) is 10.9. The molecule has 162 valence electrons. The monoisotopic (exact) mass is 397 g/mol. The maximum atomic E-state index is 12.0. The van der Waals surface area contributed by atoms with Crippen molar-refractivity contribution in [2.45, 2.75) is 89.8 Å². The summed E-state index contributed by atoms with van der Waals surface area (Å²) in [5, 5.41) is 0. The largest absolute Gasteiger partial charge is 0.508 e. The van der Waals surface area contributed by atoms with E-state index in [9.17, 15) is 9.59 Å². The van der Waals surface area contributed by atoms with Gasteiger partial charge in [0.2, 0.25) is 0 Å². The number of nitrogens with zero attached hydrogens (tertiary/aromatic N) is 1. The molecule has 0 saturated carbocycles. The Kier molecular flexibility index (Phi) is 13.8. The van der Waals surface area contributed by atoms with Crippen molar-refractivity contribution in [3.05, 3.63) is 13.8 Å². The summed E-state index contributed by atoms with van der Waals surface area (Å²) < 4.78 is 15.7. The fraction of sp³-hybridized carbons (Fsp3) is 0.818. The normalized spacial score (nSPS) is 16.0. The van der Waals surface area contributed by atoms with Crippen LogP contribution in [0, 0.1) is 13.8 Å². The molecule has 0 N–H and O–H groups in total. The van der Waals surface area contributed by atoms with Crippen molar-refractivity contribution < 1.29 is 23.8 Å². The second kappa shape index (κ2) is 15.6. The molecule has 1 rings (SSSR count). The summed E-state index contributed by atoms with van der Waals surface area (Å²) in [6, 6.07) is 0. The highest BCUT2D eigenvalue weighted by Gasteiger charge is 2.18. The Bertz CT molecular complexity index is 421. The zero-order valence-corrected chi connectivity index (χ0v) is 17.7. The number of carbonyl (C=O) groups excluding carboxylic acids is 2. The van der Waals surface area contributed by atoms with E-state index in [1.54, 1.807) is 0 Å². The van der Waals surface area contributed by atoms with Gasteiger partial charge in [-0.2, -0.15) is 0 Å². The number of carbonyl (C=O) groups is 2. The van der Waals surface area contributed by atoms with Gasteiger partial charge in [-0.1, -0.05) is 32.6 Å². The molecule has 1 heterocycles. The fourth-order valence-electron chi connectivity index (χ4n) is 3.38. The fourth-order valence-corrected chi connectivity index (χ4v) is 3.38. The van der Waals surface area contributed by atoms with Gasteiger partial charge < -0.3 is 19.1 Å². The molecule has 0 aromatic rings. The average molecular weight is 398 g/mol. The van der Waals surface area contributed by atoms with E-state index in [2.05, 4.69) is 25.7 Å². The highest BCUT2D eigenvalue weighted by atomic mass is 16.7. The van der Waals surface area contributed by atoms with Crippen LogP contribution in [0.2, 0.25) is 0 Å². The predicted molar refractivity (Wildman–Crippen MR) is 110 cm³/mol. The molecule has 28 heavy (non-hydrogen) atoms. The van der Waals surface area contributed by atoms with E-state index in [1.807, 2.05) is 0 Å². The van der Waals surface area contributed by atoms with Crippen LogP contribution in [-0.4, -0.2) is 55.5 Å². The molecule has 1 aliphatic rings. The van der Waals surface area contributed by atoms with Crippen LogP contribution in [0.15, 0.2) is 0 Å². The predicted octanol–water partition coefficient (Wildman–Crippen LogP) is 4.71. The summed E-state index contributed by atoms with van der Waals surface area (Å²) in [5.74, 6) is -0.368. The minimum absolute atomic E-state index is 0.183. The summed E-state index contributed by atoms with van der Waals surface area (Å²) in [6.07, 6.45) is 8.75. The molecular weight excluding hydrogens is 358 g/mol. The molecule has 0 bridgehead atoms. The zero-order chi connectivity index (χ0) is 20.6. The third-order valence-electron chi connectivity index (χ3n) is 4.90. The highest BCUT2D eigenvalue weighted by Crippen LogP contribution is 2.15. The molecule has 6 heteroatoms. The van der Waals surface area contributed by atoms with Crippen LogP contribution in [0.25, 0.3) is 0 Å². The number of esters is 1. The maximum Gasteiger partial charge on any atom is 0.508 e. The third-order valence-corrected chi connectivity index (χ3v) is 4.90. The van der Waals surface area contributed by atoms with Crippen molar-refractivity contribution in [1.29, 1.82) is 0 Å². The summed E-state index contributed by atoms with van der Waals surface area (Å²) in [5.41, 5.74) is 0. The van der Waals surface area contributed by atoms with Crippen LogP contribution in [0.5, 0.6) is 0 Å². The molecule has 1 fully saturated rings. The van der Waals surface area contributed by atoms with Gasteiger partial charge in [0.25, 0.3) is 0 Å². The maximum absolute atomic E-state index is 12.0. The molecule has 1 atom stereocenters. The lowest BCUT2D eigenvalue weighted by molar-refractivity contribution is -0.146. The van der Waals surface area contributed by atoms with E-state index < -0.39 is 12.3 Å². The highest BCUT2D eigenvalue weighted by molar-refractivity contribution is 5.69. The van der Waals surface area contributed by atoms with Crippen LogP contribution in [-0.2, 0) is 19.0 Å². The van der Waals surface area contributed by atoms with E-state index in [-0.39, 0.29) is 18.5 Å². The summed E-state index contributed by atoms with van der Waals surface area (Å²) in [4.78, 5) is 26.1. The van der Waals surface area contributed by atoms with E-state index >= 15 is 0 Å². The molecular formula is C22H39NO5. The van der Waals surface area contributed by atoms with Crippen LogP contribution in [0.1, 0.15) is 77.6 Å². The SMILES string of the molecule is [CH2]C([CH2])OC(=O)CCC(CCCCCC)OC(=O)OCCCN1CCCCC1. The van der Waals surface area contributed by atoms with Crippen LogP contribution < -0.4 is 0 Å². The van der Waals surface area contributed by atoms with Gasteiger partial charge in [0.05, 0.1) is 6.61 Å². The van der Waals surface area contributed by atoms with Gasteiger partial charge in [-0.3, -0.25) is 4.79 Å². The Morgan fingerprint density at radius 1 is 0.964 bits per heavy atom. The van der Waals surface area contributed by atoms with E-state index in [1.165, 1.54) is 19.3 Å². The van der Waals surface area contributed by atoms with Crippen molar-refractivity contribution in [3.8, 4) is 0 Å². The van der Waals surface area contributed by atoms with Gasteiger partial charge in [0.15, 0.2) is 0 Å². The smallest absolute Gasteiger partial charge is 0.462 e. The molecule has 2 radical (unpaired) electrons.